The summed E-state index contributed by atoms with van der Waals surface area (Å²) in [6.45, 7) is 6.01. The van der Waals surface area contributed by atoms with E-state index in [9.17, 15) is 18.7 Å². The number of piperidine rings is 1. The molecule has 1 N–H and O–H groups in total. The predicted octanol–water partition coefficient (Wildman–Crippen LogP) is 4.58. The van der Waals surface area contributed by atoms with E-state index in [0.29, 0.717) is 36.8 Å². The number of amides is 1. The third kappa shape index (κ3) is 4.44. The Morgan fingerprint density at radius 2 is 1.70 bits per heavy atom. The molecule has 4 atom stereocenters. The van der Waals surface area contributed by atoms with Gasteiger partial charge in [0.05, 0.1) is 25.6 Å². The molecule has 4 nitrogen and oxygen atoms in total. The van der Waals surface area contributed by atoms with Crippen LogP contribution in [0.4, 0.5) is 8.78 Å². The first kappa shape index (κ1) is 26.0. The normalized spacial score (nSPS) is 34.6. The van der Waals surface area contributed by atoms with Crippen LogP contribution in [0.1, 0.15) is 30.9 Å². The number of carbonyl (C=O) groups excluding carboxylic acids is 1. The molecule has 1 unspecified atom stereocenters. The molecule has 0 bridgehead atoms. The highest BCUT2D eigenvalue weighted by molar-refractivity contribution is 6.30. The molecule has 2 aromatic carbocycles. The van der Waals surface area contributed by atoms with E-state index in [0.717, 1.165) is 18.0 Å². The third-order valence-electron chi connectivity index (χ3n) is 7.74. The van der Waals surface area contributed by atoms with Crippen molar-refractivity contribution < 1.29 is 23.2 Å². The Kier molecular flexibility index (Phi) is 7.57. The molecule has 0 spiro atoms. The van der Waals surface area contributed by atoms with Crippen LogP contribution in [0.15, 0.2) is 42.5 Å². The van der Waals surface area contributed by atoms with Gasteiger partial charge in [-0.25, -0.2) is 13.6 Å². The lowest BCUT2D eigenvalue weighted by Gasteiger charge is -2.53. The predicted molar refractivity (Wildman–Crippen MR) is 127 cm³/mol. The van der Waals surface area contributed by atoms with E-state index in [1.54, 1.807) is 12.1 Å². The van der Waals surface area contributed by atoms with Crippen LogP contribution in [0.3, 0.4) is 0 Å². The molecule has 4 rings (SSSR count). The van der Waals surface area contributed by atoms with Gasteiger partial charge in [0.25, 0.3) is 0 Å². The summed E-state index contributed by atoms with van der Waals surface area (Å²) in [6, 6.07) is 10.7. The van der Waals surface area contributed by atoms with Gasteiger partial charge in [0.2, 0.25) is 0 Å². The van der Waals surface area contributed by atoms with Crippen molar-refractivity contribution in [3.63, 3.8) is 0 Å². The van der Waals surface area contributed by atoms with Gasteiger partial charge in [-0.2, -0.15) is 0 Å². The number of rotatable bonds is 4. The molecule has 0 radical (unpaired) electrons. The number of likely N-dealkylation sites (N-methyl/N-ethyl adjacent to an activating group) is 1. The molecular weight excluding hydrogens is 469 g/mol. The van der Waals surface area contributed by atoms with Gasteiger partial charge >= 0.3 is 6.41 Å². The maximum absolute atomic E-state index is 14.7. The molecule has 0 aromatic heterocycles. The van der Waals surface area contributed by atoms with E-state index in [1.807, 2.05) is 33.0 Å². The fraction of sp³-hybridized carbons (Fsp3) is 0.480. The van der Waals surface area contributed by atoms with E-state index in [1.165, 1.54) is 12.1 Å². The van der Waals surface area contributed by atoms with Crippen LogP contribution < -0.4 is 0 Å². The van der Waals surface area contributed by atoms with Crippen LogP contribution in [0.2, 0.25) is 5.02 Å². The van der Waals surface area contributed by atoms with E-state index < -0.39 is 17.2 Å². The average molecular weight is 500 g/mol. The van der Waals surface area contributed by atoms with Crippen LogP contribution in [0, 0.1) is 23.5 Å². The number of nitrogens with zero attached hydrogens (tertiary/aromatic N) is 2. The molecular formula is C25H31Cl2F2N2O2+. The van der Waals surface area contributed by atoms with Crippen molar-refractivity contribution in [1.82, 2.24) is 4.90 Å². The SMILES string of the molecule is C[C@H]1C[N+](C=O)([C@H]2CN(C)CC2c2ccc(F)cc2F)C[C@H](C)C1(O)c1ccc(Cl)cc1.Cl. The maximum Gasteiger partial charge on any atom is 0.301 e. The number of hydrogen-bond acceptors (Lipinski definition) is 3. The number of hydrogen-bond donors (Lipinski definition) is 1. The topological polar surface area (TPSA) is 40.5 Å². The Hall–Kier alpha value is -1.57. The first-order chi connectivity index (χ1) is 15.1. The number of benzene rings is 2. The molecule has 180 valence electrons. The number of aliphatic hydroxyl groups is 1. The quantitative estimate of drug-likeness (QED) is 0.494. The first-order valence-electron chi connectivity index (χ1n) is 11.1. The minimum atomic E-state index is -1.10. The van der Waals surface area contributed by atoms with Crippen LogP contribution >= 0.6 is 24.0 Å². The second-order valence-corrected chi connectivity index (χ2v) is 10.2. The van der Waals surface area contributed by atoms with Gasteiger partial charge < -0.3 is 5.11 Å². The standard InChI is InChI=1S/C25H30ClF2N2O2.ClH/c1-16-13-30(15-31,14-17(2)25(16,32)18-4-6-19(26)7-5-18)24-12-29(3)11-22(24)21-9-8-20(27)10-23(21)28;/h4-10,15-17,22,24,32H,11-14H2,1-3H3;1H/q+1;/t16-,17-,22?,24-,25?,30?;/m0./s1. The van der Waals surface area contributed by atoms with Crippen molar-refractivity contribution in [3.8, 4) is 0 Å². The second-order valence-electron chi connectivity index (χ2n) is 9.77. The van der Waals surface area contributed by atoms with Crippen LogP contribution in [0.5, 0.6) is 0 Å². The molecule has 33 heavy (non-hydrogen) atoms. The number of halogens is 4. The molecule has 2 aliphatic heterocycles. The lowest BCUT2D eigenvalue weighted by molar-refractivity contribution is -0.886. The fourth-order valence-corrected chi connectivity index (χ4v) is 6.31. The zero-order chi connectivity index (χ0) is 23.3. The fourth-order valence-electron chi connectivity index (χ4n) is 6.19. The number of carbonyl (C=O) groups is 1. The largest absolute Gasteiger partial charge is 0.384 e. The van der Waals surface area contributed by atoms with Gasteiger partial charge in [-0.05, 0) is 36.4 Å². The summed E-state index contributed by atoms with van der Waals surface area (Å²) in [6.07, 6.45) is 0.979. The van der Waals surface area contributed by atoms with Crippen molar-refractivity contribution in [1.29, 1.82) is 0 Å². The first-order valence-corrected chi connectivity index (χ1v) is 11.4. The minimum absolute atomic E-state index is 0. The molecule has 2 fully saturated rings. The highest BCUT2D eigenvalue weighted by Gasteiger charge is 2.58. The summed E-state index contributed by atoms with van der Waals surface area (Å²) >= 11 is 6.04. The number of quaternary nitrogens is 1. The Bertz CT molecular complexity index is 992. The van der Waals surface area contributed by atoms with Crippen molar-refractivity contribution in [2.24, 2.45) is 11.8 Å². The maximum atomic E-state index is 14.7. The Labute approximate surface area is 205 Å². The molecule has 8 heteroatoms. The highest BCUT2D eigenvalue weighted by atomic mass is 35.5. The summed E-state index contributed by atoms with van der Waals surface area (Å²) in [5.41, 5.74) is 0.130. The lowest BCUT2D eigenvalue weighted by atomic mass is 9.69. The molecule has 2 aromatic rings. The molecule has 2 heterocycles. The second kappa shape index (κ2) is 9.59. The van der Waals surface area contributed by atoms with Crippen LogP contribution in [-0.4, -0.2) is 60.2 Å². The van der Waals surface area contributed by atoms with Gasteiger partial charge in [0, 0.05) is 29.5 Å². The van der Waals surface area contributed by atoms with Crippen molar-refractivity contribution in [3.05, 3.63) is 70.2 Å². The van der Waals surface area contributed by atoms with E-state index in [4.69, 9.17) is 11.6 Å². The van der Waals surface area contributed by atoms with Crippen molar-refractivity contribution in [2.45, 2.75) is 31.4 Å². The zero-order valence-electron chi connectivity index (χ0n) is 19.0. The summed E-state index contributed by atoms with van der Waals surface area (Å²) in [5, 5.41) is 12.4. The van der Waals surface area contributed by atoms with Crippen LogP contribution in [-0.2, 0) is 10.4 Å². The van der Waals surface area contributed by atoms with Gasteiger partial charge in [-0.1, -0.05) is 43.6 Å². The molecule has 0 saturated carbocycles. The summed E-state index contributed by atoms with van der Waals surface area (Å²) in [5.74, 6) is -1.87. The van der Waals surface area contributed by atoms with Crippen molar-refractivity contribution >= 4 is 30.4 Å². The Morgan fingerprint density at radius 3 is 2.24 bits per heavy atom. The van der Waals surface area contributed by atoms with Gasteiger partial charge in [-0.15, -0.1) is 12.4 Å². The summed E-state index contributed by atoms with van der Waals surface area (Å²) < 4.78 is 28.4. The number of likely N-dealkylation sites (tertiary alicyclic amines) is 2. The van der Waals surface area contributed by atoms with Gasteiger partial charge in [-0.3, -0.25) is 9.38 Å². The molecule has 2 saturated heterocycles. The zero-order valence-corrected chi connectivity index (χ0v) is 20.6. The Morgan fingerprint density at radius 1 is 1.09 bits per heavy atom. The monoisotopic (exact) mass is 499 g/mol. The average Bonchev–Trinajstić information content (AvgIpc) is 3.14. The highest BCUT2D eigenvalue weighted by Crippen LogP contribution is 2.47. The Balaban J connectivity index is 0.00000306. The third-order valence-corrected chi connectivity index (χ3v) is 7.99. The van der Waals surface area contributed by atoms with Gasteiger partial charge in [0.15, 0.2) is 0 Å². The van der Waals surface area contributed by atoms with E-state index in [-0.39, 0.29) is 40.7 Å². The van der Waals surface area contributed by atoms with Gasteiger partial charge in [0.1, 0.15) is 23.3 Å². The summed E-state index contributed by atoms with van der Waals surface area (Å²) in [7, 11) is 1.95. The van der Waals surface area contributed by atoms with E-state index in [2.05, 4.69) is 4.90 Å². The molecule has 2 aliphatic rings. The molecule has 1 amide bonds. The smallest absolute Gasteiger partial charge is 0.301 e. The van der Waals surface area contributed by atoms with E-state index >= 15 is 0 Å². The van der Waals surface area contributed by atoms with Crippen LogP contribution in [0.25, 0.3) is 0 Å². The lowest BCUT2D eigenvalue weighted by Crippen LogP contribution is -2.68. The summed E-state index contributed by atoms with van der Waals surface area (Å²) in [4.78, 5) is 14.8. The minimum Gasteiger partial charge on any atom is -0.384 e. The van der Waals surface area contributed by atoms with Crippen molar-refractivity contribution in [2.75, 3.05) is 33.2 Å². The molecule has 0 aliphatic carbocycles.